The summed E-state index contributed by atoms with van der Waals surface area (Å²) < 4.78 is 27.4. The second kappa shape index (κ2) is 6.18. The van der Waals surface area contributed by atoms with Crippen molar-refractivity contribution in [2.24, 2.45) is 0 Å². The first-order chi connectivity index (χ1) is 10.2. The van der Waals surface area contributed by atoms with Crippen LogP contribution in [0, 0.1) is 11.6 Å². The van der Waals surface area contributed by atoms with Crippen molar-refractivity contribution in [2.75, 3.05) is 36.8 Å². The highest BCUT2D eigenvalue weighted by Crippen LogP contribution is 2.32. The van der Waals surface area contributed by atoms with Crippen LogP contribution >= 0.6 is 0 Å². The summed E-state index contributed by atoms with van der Waals surface area (Å²) in [5, 5.41) is 0. The number of hydrogen-bond acceptors (Lipinski definition) is 3. The number of nitrogens with zero attached hydrogens (tertiary/aromatic N) is 2. The van der Waals surface area contributed by atoms with Gasteiger partial charge in [-0.25, -0.2) is 8.78 Å². The van der Waals surface area contributed by atoms with Crippen LogP contribution in [0.1, 0.15) is 32.1 Å². The first kappa shape index (κ1) is 14.6. The molecule has 2 saturated heterocycles. The van der Waals surface area contributed by atoms with Crippen molar-refractivity contribution in [1.29, 1.82) is 0 Å². The SMILES string of the molecule is Nc1ccc(F)c(F)c1N1CCC(N2CCCCC2)CC1. The number of rotatable bonds is 2. The van der Waals surface area contributed by atoms with Crippen molar-refractivity contribution in [3.8, 4) is 0 Å². The van der Waals surface area contributed by atoms with E-state index in [4.69, 9.17) is 5.73 Å². The van der Waals surface area contributed by atoms with Gasteiger partial charge >= 0.3 is 0 Å². The van der Waals surface area contributed by atoms with Gasteiger partial charge in [-0.15, -0.1) is 0 Å². The van der Waals surface area contributed by atoms with Gasteiger partial charge in [0.15, 0.2) is 11.6 Å². The van der Waals surface area contributed by atoms with Gasteiger partial charge in [-0.1, -0.05) is 6.42 Å². The third-order valence-electron chi connectivity index (χ3n) is 4.79. The Morgan fingerprint density at radius 3 is 2.29 bits per heavy atom. The Balaban J connectivity index is 1.67. The molecule has 0 bridgehead atoms. The molecule has 2 N–H and O–H groups in total. The molecule has 1 aromatic carbocycles. The zero-order chi connectivity index (χ0) is 14.8. The van der Waals surface area contributed by atoms with E-state index in [0.29, 0.717) is 11.7 Å². The molecule has 2 heterocycles. The van der Waals surface area contributed by atoms with Crippen molar-refractivity contribution in [3.63, 3.8) is 0 Å². The summed E-state index contributed by atoms with van der Waals surface area (Å²) in [4.78, 5) is 4.46. The van der Waals surface area contributed by atoms with Crippen molar-refractivity contribution in [2.45, 2.75) is 38.1 Å². The third kappa shape index (κ3) is 2.98. The van der Waals surface area contributed by atoms with Gasteiger partial charge in [0, 0.05) is 19.1 Å². The second-order valence-electron chi connectivity index (χ2n) is 6.11. The lowest BCUT2D eigenvalue weighted by Crippen LogP contribution is -2.47. The Bertz CT molecular complexity index is 493. The maximum atomic E-state index is 14.0. The van der Waals surface area contributed by atoms with Crippen molar-refractivity contribution in [1.82, 2.24) is 4.90 Å². The molecule has 0 aromatic heterocycles. The number of nitrogen functional groups attached to an aromatic ring is 1. The topological polar surface area (TPSA) is 32.5 Å². The molecule has 0 unspecified atom stereocenters. The number of halogens is 2. The van der Waals surface area contributed by atoms with E-state index in [2.05, 4.69) is 4.90 Å². The van der Waals surface area contributed by atoms with E-state index in [1.54, 1.807) is 0 Å². The molecule has 0 aliphatic carbocycles. The van der Waals surface area contributed by atoms with E-state index in [1.165, 1.54) is 38.4 Å². The van der Waals surface area contributed by atoms with E-state index in [-0.39, 0.29) is 5.69 Å². The van der Waals surface area contributed by atoms with Gasteiger partial charge in [-0.3, -0.25) is 0 Å². The zero-order valence-electron chi connectivity index (χ0n) is 12.3. The Hall–Kier alpha value is -1.36. The molecule has 0 saturated carbocycles. The summed E-state index contributed by atoms with van der Waals surface area (Å²) >= 11 is 0. The highest BCUT2D eigenvalue weighted by atomic mass is 19.2. The Morgan fingerprint density at radius 2 is 1.62 bits per heavy atom. The maximum Gasteiger partial charge on any atom is 0.184 e. The molecule has 21 heavy (non-hydrogen) atoms. The molecule has 2 aliphatic heterocycles. The fraction of sp³-hybridized carbons (Fsp3) is 0.625. The first-order valence-corrected chi connectivity index (χ1v) is 7.89. The molecule has 1 aromatic rings. The number of piperidine rings is 2. The molecule has 3 nitrogen and oxygen atoms in total. The van der Waals surface area contributed by atoms with Crippen LogP contribution in [-0.4, -0.2) is 37.1 Å². The first-order valence-electron chi connectivity index (χ1n) is 7.89. The maximum absolute atomic E-state index is 14.0. The normalized spacial score (nSPS) is 21.7. The van der Waals surface area contributed by atoms with Gasteiger partial charge in [0.1, 0.15) is 0 Å². The molecule has 0 radical (unpaired) electrons. The van der Waals surface area contributed by atoms with E-state index in [1.807, 2.05) is 4.90 Å². The van der Waals surface area contributed by atoms with Gasteiger partial charge in [0.25, 0.3) is 0 Å². The van der Waals surface area contributed by atoms with Crippen LogP contribution in [0.4, 0.5) is 20.2 Å². The summed E-state index contributed by atoms with van der Waals surface area (Å²) in [7, 11) is 0. The zero-order valence-corrected chi connectivity index (χ0v) is 12.3. The van der Waals surface area contributed by atoms with Crippen LogP contribution in [0.5, 0.6) is 0 Å². The Labute approximate surface area is 124 Å². The summed E-state index contributed by atoms with van der Waals surface area (Å²) in [6.07, 6.45) is 5.89. The van der Waals surface area contributed by atoms with Crippen LogP contribution in [-0.2, 0) is 0 Å². The molecular formula is C16H23F2N3. The predicted molar refractivity (Wildman–Crippen MR) is 81.4 cm³/mol. The lowest BCUT2D eigenvalue weighted by molar-refractivity contribution is 0.141. The van der Waals surface area contributed by atoms with Gasteiger partial charge in [-0.05, 0) is 50.9 Å². The molecule has 2 aliphatic rings. The van der Waals surface area contributed by atoms with E-state index in [0.717, 1.165) is 32.0 Å². The molecule has 3 rings (SSSR count). The number of anilines is 2. The largest absolute Gasteiger partial charge is 0.397 e. The van der Waals surface area contributed by atoms with Crippen molar-refractivity contribution < 1.29 is 8.78 Å². The van der Waals surface area contributed by atoms with E-state index >= 15 is 0 Å². The number of likely N-dealkylation sites (tertiary alicyclic amines) is 1. The molecule has 5 heteroatoms. The third-order valence-corrected chi connectivity index (χ3v) is 4.79. The van der Waals surface area contributed by atoms with Gasteiger partial charge < -0.3 is 15.5 Å². The average molecular weight is 295 g/mol. The van der Waals surface area contributed by atoms with Crippen LogP contribution in [0.25, 0.3) is 0 Å². The lowest BCUT2D eigenvalue weighted by atomic mass is 9.99. The van der Waals surface area contributed by atoms with Crippen LogP contribution in [0.3, 0.4) is 0 Å². The minimum atomic E-state index is -0.822. The second-order valence-corrected chi connectivity index (χ2v) is 6.11. The highest BCUT2D eigenvalue weighted by molar-refractivity contribution is 5.68. The number of benzene rings is 1. The van der Waals surface area contributed by atoms with E-state index < -0.39 is 11.6 Å². The van der Waals surface area contributed by atoms with Crippen LogP contribution in [0.15, 0.2) is 12.1 Å². The van der Waals surface area contributed by atoms with Crippen LogP contribution < -0.4 is 10.6 Å². The fourth-order valence-electron chi connectivity index (χ4n) is 3.61. The molecule has 116 valence electrons. The number of nitrogens with two attached hydrogens (primary N) is 1. The summed E-state index contributed by atoms with van der Waals surface area (Å²) in [5.41, 5.74) is 6.41. The smallest absolute Gasteiger partial charge is 0.184 e. The van der Waals surface area contributed by atoms with Crippen molar-refractivity contribution in [3.05, 3.63) is 23.8 Å². The van der Waals surface area contributed by atoms with Gasteiger partial charge in [0.2, 0.25) is 0 Å². The minimum Gasteiger partial charge on any atom is -0.397 e. The van der Waals surface area contributed by atoms with Crippen LogP contribution in [0.2, 0.25) is 0 Å². The molecular weight excluding hydrogens is 272 g/mol. The predicted octanol–water partition coefficient (Wildman–Crippen LogP) is 3.00. The average Bonchev–Trinajstić information content (AvgIpc) is 2.53. The summed E-state index contributed by atoms with van der Waals surface area (Å²) in [6.45, 7) is 3.85. The number of hydrogen-bond donors (Lipinski definition) is 1. The minimum absolute atomic E-state index is 0.243. The standard InChI is InChI=1S/C16H23F2N3/c17-13-4-5-14(19)16(15(13)18)21-10-6-12(7-11-21)20-8-2-1-3-9-20/h4-5,12H,1-3,6-11,19H2. The van der Waals surface area contributed by atoms with Gasteiger partial charge in [0.05, 0.1) is 11.4 Å². The quantitative estimate of drug-likeness (QED) is 0.851. The monoisotopic (exact) mass is 295 g/mol. The lowest BCUT2D eigenvalue weighted by Gasteiger charge is -2.41. The molecule has 0 atom stereocenters. The summed E-state index contributed by atoms with van der Waals surface area (Å²) in [6, 6.07) is 3.12. The molecule has 2 fully saturated rings. The molecule has 0 spiro atoms. The Morgan fingerprint density at radius 1 is 0.952 bits per heavy atom. The summed E-state index contributed by atoms with van der Waals surface area (Å²) in [5.74, 6) is -1.64. The Kier molecular flexibility index (Phi) is 4.29. The fourth-order valence-corrected chi connectivity index (χ4v) is 3.61. The van der Waals surface area contributed by atoms with Crippen molar-refractivity contribution >= 4 is 11.4 Å². The molecule has 0 amide bonds. The highest BCUT2D eigenvalue weighted by Gasteiger charge is 2.28. The van der Waals surface area contributed by atoms with Gasteiger partial charge in [-0.2, -0.15) is 0 Å². The van der Waals surface area contributed by atoms with E-state index in [9.17, 15) is 8.78 Å².